The molecular weight excluding hydrogens is 263 g/mol. The number of unbranched alkanes of at least 4 members (excludes halogenated alkanes) is 1. The Labute approximate surface area is 119 Å². The maximum Gasteiger partial charge on any atom is 0.146 e. The highest BCUT2D eigenvalue weighted by molar-refractivity contribution is 6.30. The molecular formula is C15H22ClFN2. The zero-order valence-corrected chi connectivity index (χ0v) is 12.2. The van der Waals surface area contributed by atoms with Crippen LogP contribution in [-0.4, -0.2) is 31.1 Å². The standard InChI is InChI=1S/C15H22ClFN2/c1-2-3-7-14(19-10-8-18-9-11-19)12-5-4-6-13(16)15(12)17/h4-6,14,18H,2-3,7-11H2,1H3/t14-/m1/s1. The average Bonchev–Trinajstić information content (AvgIpc) is 2.45. The van der Waals surface area contributed by atoms with Gasteiger partial charge in [-0.3, -0.25) is 4.90 Å². The van der Waals surface area contributed by atoms with Crippen LogP contribution in [0.25, 0.3) is 0 Å². The Bertz CT molecular complexity index is 405. The number of hydrogen-bond acceptors (Lipinski definition) is 2. The van der Waals surface area contributed by atoms with E-state index in [4.69, 9.17) is 11.6 Å². The molecule has 2 rings (SSSR count). The van der Waals surface area contributed by atoms with E-state index in [-0.39, 0.29) is 16.9 Å². The molecule has 19 heavy (non-hydrogen) atoms. The number of hydrogen-bond donors (Lipinski definition) is 1. The first kappa shape index (κ1) is 14.8. The van der Waals surface area contributed by atoms with E-state index < -0.39 is 0 Å². The second-order valence-electron chi connectivity index (χ2n) is 5.09. The van der Waals surface area contributed by atoms with Crippen molar-refractivity contribution in [2.24, 2.45) is 0 Å². The smallest absolute Gasteiger partial charge is 0.146 e. The van der Waals surface area contributed by atoms with Crippen molar-refractivity contribution in [2.45, 2.75) is 32.2 Å². The van der Waals surface area contributed by atoms with Crippen LogP contribution in [0.5, 0.6) is 0 Å². The van der Waals surface area contributed by atoms with E-state index in [1.165, 1.54) is 0 Å². The number of nitrogens with zero attached hydrogens (tertiary/aromatic N) is 1. The van der Waals surface area contributed by atoms with E-state index in [2.05, 4.69) is 17.1 Å². The SMILES string of the molecule is CCCC[C@H](c1cccc(Cl)c1F)N1CCNCC1. The predicted molar refractivity (Wildman–Crippen MR) is 78.1 cm³/mol. The van der Waals surface area contributed by atoms with E-state index in [9.17, 15) is 4.39 Å². The maximum absolute atomic E-state index is 14.3. The van der Waals surface area contributed by atoms with Gasteiger partial charge in [0.2, 0.25) is 0 Å². The molecule has 1 heterocycles. The predicted octanol–water partition coefficient (Wildman–Crippen LogP) is 3.62. The van der Waals surface area contributed by atoms with Gasteiger partial charge >= 0.3 is 0 Å². The van der Waals surface area contributed by atoms with Crippen molar-refractivity contribution in [3.63, 3.8) is 0 Å². The first-order chi connectivity index (χ1) is 9.24. The summed E-state index contributed by atoms with van der Waals surface area (Å²) in [7, 11) is 0. The number of nitrogens with one attached hydrogen (secondary N) is 1. The van der Waals surface area contributed by atoms with Gasteiger partial charge in [0.05, 0.1) is 5.02 Å². The Balaban J connectivity index is 2.22. The van der Waals surface area contributed by atoms with Crippen molar-refractivity contribution in [1.82, 2.24) is 10.2 Å². The molecule has 1 saturated heterocycles. The third kappa shape index (κ3) is 3.68. The van der Waals surface area contributed by atoms with Gasteiger partial charge in [-0.1, -0.05) is 43.5 Å². The molecule has 0 saturated carbocycles. The monoisotopic (exact) mass is 284 g/mol. The van der Waals surface area contributed by atoms with E-state index in [0.717, 1.165) is 51.0 Å². The molecule has 4 heteroatoms. The van der Waals surface area contributed by atoms with Crippen molar-refractivity contribution in [3.05, 3.63) is 34.6 Å². The largest absolute Gasteiger partial charge is 0.314 e. The van der Waals surface area contributed by atoms with Gasteiger partial charge in [0.1, 0.15) is 5.82 Å². The highest BCUT2D eigenvalue weighted by Crippen LogP contribution is 2.31. The van der Waals surface area contributed by atoms with Crippen molar-refractivity contribution >= 4 is 11.6 Å². The topological polar surface area (TPSA) is 15.3 Å². The van der Waals surface area contributed by atoms with Crippen LogP contribution in [0.1, 0.15) is 37.8 Å². The Morgan fingerprint density at radius 2 is 2.11 bits per heavy atom. The fraction of sp³-hybridized carbons (Fsp3) is 0.600. The first-order valence-corrected chi connectivity index (χ1v) is 7.50. The number of piperazine rings is 1. The van der Waals surface area contributed by atoms with Gasteiger partial charge in [-0.15, -0.1) is 0 Å². The van der Waals surface area contributed by atoms with E-state index >= 15 is 0 Å². The fourth-order valence-corrected chi connectivity index (χ4v) is 2.89. The summed E-state index contributed by atoms with van der Waals surface area (Å²) in [6.07, 6.45) is 3.24. The molecule has 1 aromatic carbocycles. The van der Waals surface area contributed by atoms with Gasteiger partial charge in [0.15, 0.2) is 0 Å². The third-order valence-electron chi connectivity index (χ3n) is 3.76. The lowest BCUT2D eigenvalue weighted by molar-refractivity contribution is 0.160. The molecule has 1 aromatic rings. The summed E-state index contributed by atoms with van der Waals surface area (Å²) in [6.45, 7) is 6.07. The summed E-state index contributed by atoms with van der Waals surface area (Å²) in [5.74, 6) is -0.246. The Hall–Kier alpha value is -0.640. The van der Waals surface area contributed by atoms with Gasteiger partial charge in [-0.2, -0.15) is 0 Å². The quantitative estimate of drug-likeness (QED) is 0.888. The first-order valence-electron chi connectivity index (χ1n) is 7.12. The molecule has 0 bridgehead atoms. The minimum atomic E-state index is -0.246. The van der Waals surface area contributed by atoms with Gasteiger partial charge < -0.3 is 5.32 Å². The Kier molecular flexibility index (Phi) is 5.61. The van der Waals surface area contributed by atoms with Gasteiger partial charge in [-0.05, 0) is 12.5 Å². The second kappa shape index (κ2) is 7.22. The third-order valence-corrected chi connectivity index (χ3v) is 4.06. The molecule has 1 aliphatic rings. The summed E-state index contributed by atoms with van der Waals surface area (Å²) < 4.78 is 14.3. The van der Waals surface area contributed by atoms with Crippen molar-refractivity contribution in [2.75, 3.05) is 26.2 Å². The van der Waals surface area contributed by atoms with Gasteiger partial charge in [-0.25, -0.2) is 4.39 Å². The van der Waals surface area contributed by atoms with Crippen molar-refractivity contribution < 1.29 is 4.39 Å². The molecule has 0 aromatic heterocycles. The number of benzene rings is 1. The lowest BCUT2D eigenvalue weighted by Crippen LogP contribution is -2.45. The highest BCUT2D eigenvalue weighted by atomic mass is 35.5. The lowest BCUT2D eigenvalue weighted by Gasteiger charge is -2.35. The lowest BCUT2D eigenvalue weighted by atomic mass is 9.98. The Morgan fingerprint density at radius 1 is 1.37 bits per heavy atom. The molecule has 1 aliphatic heterocycles. The molecule has 2 nitrogen and oxygen atoms in total. The van der Waals surface area contributed by atoms with Crippen LogP contribution in [0.2, 0.25) is 5.02 Å². The van der Waals surface area contributed by atoms with E-state index in [1.807, 2.05) is 12.1 Å². The summed E-state index contributed by atoms with van der Waals surface area (Å²) >= 11 is 5.93. The normalized spacial score (nSPS) is 18.5. The van der Waals surface area contributed by atoms with Crippen LogP contribution in [0, 0.1) is 5.82 Å². The molecule has 106 valence electrons. The molecule has 1 atom stereocenters. The van der Waals surface area contributed by atoms with E-state index in [1.54, 1.807) is 6.07 Å². The average molecular weight is 285 g/mol. The highest BCUT2D eigenvalue weighted by Gasteiger charge is 2.24. The van der Waals surface area contributed by atoms with Crippen LogP contribution < -0.4 is 5.32 Å². The second-order valence-corrected chi connectivity index (χ2v) is 5.49. The molecule has 0 radical (unpaired) electrons. The summed E-state index contributed by atoms with van der Waals surface area (Å²) in [5, 5.41) is 3.57. The summed E-state index contributed by atoms with van der Waals surface area (Å²) in [5.41, 5.74) is 0.753. The minimum Gasteiger partial charge on any atom is -0.314 e. The number of halogens is 2. The zero-order valence-electron chi connectivity index (χ0n) is 11.5. The molecule has 0 unspecified atom stereocenters. The van der Waals surface area contributed by atoms with Crippen molar-refractivity contribution in [3.8, 4) is 0 Å². The van der Waals surface area contributed by atoms with Gasteiger partial charge in [0, 0.05) is 37.8 Å². The summed E-state index contributed by atoms with van der Waals surface area (Å²) in [6, 6.07) is 5.50. The molecule has 0 amide bonds. The number of rotatable bonds is 5. The molecule has 0 spiro atoms. The minimum absolute atomic E-state index is 0.153. The van der Waals surface area contributed by atoms with Gasteiger partial charge in [0.25, 0.3) is 0 Å². The fourth-order valence-electron chi connectivity index (χ4n) is 2.70. The zero-order chi connectivity index (χ0) is 13.7. The molecule has 0 aliphatic carbocycles. The van der Waals surface area contributed by atoms with Crippen LogP contribution in [-0.2, 0) is 0 Å². The summed E-state index contributed by atoms with van der Waals surface area (Å²) in [4.78, 5) is 2.38. The molecule has 1 N–H and O–H groups in total. The van der Waals surface area contributed by atoms with Crippen LogP contribution in [0.4, 0.5) is 4.39 Å². The Morgan fingerprint density at radius 3 is 2.79 bits per heavy atom. The van der Waals surface area contributed by atoms with Crippen LogP contribution in [0.3, 0.4) is 0 Å². The molecule has 1 fully saturated rings. The van der Waals surface area contributed by atoms with Crippen LogP contribution >= 0.6 is 11.6 Å². The maximum atomic E-state index is 14.3. The van der Waals surface area contributed by atoms with Crippen molar-refractivity contribution in [1.29, 1.82) is 0 Å². The van der Waals surface area contributed by atoms with Crippen LogP contribution in [0.15, 0.2) is 18.2 Å². The van der Waals surface area contributed by atoms with E-state index in [0.29, 0.717) is 0 Å².